The van der Waals surface area contributed by atoms with Crippen LogP contribution in [-0.4, -0.2) is 32.8 Å². The van der Waals surface area contributed by atoms with Gasteiger partial charge in [-0.25, -0.2) is 4.98 Å². The van der Waals surface area contributed by atoms with Crippen LogP contribution < -0.4 is 5.32 Å². The molecule has 7 heteroatoms. The van der Waals surface area contributed by atoms with E-state index in [1.165, 1.54) is 17.5 Å². The van der Waals surface area contributed by atoms with Crippen molar-refractivity contribution < 1.29 is 0 Å². The minimum Gasteiger partial charge on any atom is -0.316 e. The van der Waals surface area contributed by atoms with Gasteiger partial charge in [0.2, 0.25) is 0 Å². The zero-order chi connectivity index (χ0) is 14.9. The number of benzene rings is 1. The van der Waals surface area contributed by atoms with Crippen LogP contribution in [0.3, 0.4) is 0 Å². The van der Waals surface area contributed by atoms with Crippen molar-refractivity contribution in [1.29, 1.82) is 0 Å². The van der Waals surface area contributed by atoms with E-state index in [1.54, 1.807) is 23.1 Å². The van der Waals surface area contributed by atoms with E-state index in [1.807, 2.05) is 18.2 Å². The first kappa shape index (κ1) is 14.2. The Morgan fingerprint density at radius 1 is 1.32 bits per heavy atom. The normalized spacial score (nSPS) is 18.9. The lowest BCUT2D eigenvalue weighted by atomic mass is 9.99. The van der Waals surface area contributed by atoms with Crippen LogP contribution >= 0.6 is 23.1 Å². The minimum atomic E-state index is 0.468. The highest BCUT2D eigenvalue weighted by molar-refractivity contribution is 8.01. The second-order valence-electron chi connectivity index (χ2n) is 5.49. The van der Waals surface area contributed by atoms with Gasteiger partial charge in [-0.05, 0) is 43.3 Å². The lowest BCUT2D eigenvalue weighted by molar-refractivity contribution is 0.436. The molecule has 0 saturated carbocycles. The summed E-state index contributed by atoms with van der Waals surface area (Å²) in [6, 6.07) is 8.22. The van der Waals surface area contributed by atoms with Crippen molar-refractivity contribution in [2.24, 2.45) is 7.05 Å². The molecule has 1 aromatic carbocycles. The molecule has 1 fully saturated rings. The Kier molecular flexibility index (Phi) is 3.85. The summed E-state index contributed by atoms with van der Waals surface area (Å²) in [6.07, 6.45) is 2.39. The maximum absolute atomic E-state index is 4.66. The number of hydrogen-bond acceptors (Lipinski definition) is 6. The Labute approximate surface area is 137 Å². The molecular formula is C15H17N5S2. The summed E-state index contributed by atoms with van der Waals surface area (Å²) in [4.78, 5) is 4.66. The van der Waals surface area contributed by atoms with Gasteiger partial charge in [0.1, 0.15) is 5.82 Å². The molecule has 1 N–H and O–H groups in total. The molecule has 1 aliphatic heterocycles. The minimum absolute atomic E-state index is 0.468. The van der Waals surface area contributed by atoms with Crippen LogP contribution in [0.25, 0.3) is 10.2 Å². The summed E-state index contributed by atoms with van der Waals surface area (Å²) < 4.78 is 4.35. The van der Waals surface area contributed by atoms with Gasteiger partial charge in [0.25, 0.3) is 0 Å². The van der Waals surface area contributed by atoms with Gasteiger partial charge in [0, 0.05) is 19.5 Å². The highest BCUT2D eigenvalue weighted by atomic mass is 32.2. The summed E-state index contributed by atoms with van der Waals surface area (Å²) >= 11 is 3.31. The number of aromatic nitrogens is 4. The number of nitrogens with one attached hydrogen (secondary N) is 1. The van der Waals surface area contributed by atoms with E-state index in [0.717, 1.165) is 33.9 Å². The smallest absolute Gasteiger partial charge is 0.198 e. The van der Waals surface area contributed by atoms with Gasteiger partial charge < -0.3 is 9.88 Å². The Bertz CT molecular complexity index is 755. The van der Waals surface area contributed by atoms with Gasteiger partial charge in [-0.1, -0.05) is 12.1 Å². The predicted octanol–water partition coefficient (Wildman–Crippen LogP) is 3.04. The Morgan fingerprint density at radius 3 is 3.05 bits per heavy atom. The van der Waals surface area contributed by atoms with Crippen molar-refractivity contribution in [2.75, 3.05) is 13.1 Å². The van der Waals surface area contributed by atoms with Crippen molar-refractivity contribution in [3.8, 4) is 0 Å². The van der Waals surface area contributed by atoms with E-state index in [0.29, 0.717) is 5.92 Å². The fourth-order valence-corrected chi connectivity index (χ4v) is 4.78. The van der Waals surface area contributed by atoms with Crippen molar-refractivity contribution in [1.82, 2.24) is 25.1 Å². The molecule has 3 aromatic rings. The summed E-state index contributed by atoms with van der Waals surface area (Å²) in [5.74, 6) is 1.55. The van der Waals surface area contributed by atoms with Crippen LogP contribution in [0, 0.1) is 0 Å². The lowest BCUT2D eigenvalue weighted by Gasteiger charge is -2.21. The number of fused-ring (bicyclic) bond motifs is 1. The second-order valence-corrected chi connectivity index (χ2v) is 7.74. The lowest BCUT2D eigenvalue weighted by Crippen LogP contribution is -2.29. The standard InChI is InChI=1S/C15H17N5S2/c1-20-13(10-5-4-8-16-9-10)18-19-14(20)22-15-17-11-6-2-3-7-12(11)21-15/h2-3,6-7,10,16H,4-5,8-9H2,1H3/t10-/m0/s1. The fourth-order valence-electron chi connectivity index (χ4n) is 2.82. The number of rotatable bonds is 3. The molecule has 1 saturated heterocycles. The van der Waals surface area contributed by atoms with E-state index in [4.69, 9.17) is 0 Å². The Hall–Kier alpha value is -1.44. The molecule has 3 heterocycles. The van der Waals surface area contributed by atoms with Crippen molar-refractivity contribution >= 4 is 33.3 Å². The van der Waals surface area contributed by atoms with Crippen LogP contribution in [0.2, 0.25) is 0 Å². The summed E-state index contributed by atoms with van der Waals surface area (Å²) in [5, 5.41) is 13.1. The van der Waals surface area contributed by atoms with Gasteiger partial charge in [-0.3, -0.25) is 0 Å². The van der Waals surface area contributed by atoms with Gasteiger partial charge in [0.15, 0.2) is 9.50 Å². The van der Waals surface area contributed by atoms with Gasteiger partial charge in [0.05, 0.1) is 10.2 Å². The van der Waals surface area contributed by atoms with E-state index in [-0.39, 0.29) is 0 Å². The van der Waals surface area contributed by atoms with E-state index >= 15 is 0 Å². The van der Waals surface area contributed by atoms with E-state index in [2.05, 4.69) is 38.2 Å². The summed E-state index contributed by atoms with van der Waals surface area (Å²) in [7, 11) is 2.06. The predicted molar refractivity (Wildman–Crippen MR) is 89.6 cm³/mol. The molecule has 22 heavy (non-hydrogen) atoms. The molecular weight excluding hydrogens is 314 g/mol. The van der Waals surface area contributed by atoms with Gasteiger partial charge in [-0.2, -0.15) is 0 Å². The number of thiazole rings is 1. The second kappa shape index (κ2) is 5.98. The monoisotopic (exact) mass is 331 g/mol. The zero-order valence-corrected chi connectivity index (χ0v) is 14.0. The third-order valence-corrected chi connectivity index (χ3v) is 6.12. The molecule has 1 aliphatic rings. The molecule has 2 aromatic heterocycles. The van der Waals surface area contributed by atoms with Crippen LogP contribution in [0.4, 0.5) is 0 Å². The average Bonchev–Trinajstić information content (AvgIpc) is 3.12. The first-order valence-electron chi connectivity index (χ1n) is 7.44. The number of hydrogen-bond donors (Lipinski definition) is 1. The molecule has 5 nitrogen and oxygen atoms in total. The molecule has 0 radical (unpaired) electrons. The van der Waals surface area contributed by atoms with E-state index in [9.17, 15) is 0 Å². The third kappa shape index (κ3) is 2.64. The van der Waals surface area contributed by atoms with Crippen LogP contribution in [-0.2, 0) is 7.05 Å². The van der Waals surface area contributed by atoms with E-state index < -0.39 is 0 Å². The maximum Gasteiger partial charge on any atom is 0.198 e. The topological polar surface area (TPSA) is 55.6 Å². The number of nitrogens with zero attached hydrogens (tertiary/aromatic N) is 4. The summed E-state index contributed by atoms with van der Waals surface area (Å²) in [6.45, 7) is 2.11. The highest BCUT2D eigenvalue weighted by Crippen LogP contribution is 2.34. The molecule has 0 unspecified atom stereocenters. The number of piperidine rings is 1. The molecule has 4 rings (SSSR count). The molecule has 0 bridgehead atoms. The van der Waals surface area contributed by atoms with Crippen molar-refractivity contribution in [2.45, 2.75) is 28.3 Å². The van der Waals surface area contributed by atoms with Gasteiger partial charge >= 0.3 is 0 Å². The average molecular weight is 331 g/mol. The zero-order valence-electron chi connectivity index (χ0n) is 12.3. The highest BCUT2D eigenvalue weighted by Gasteiger charge is 2.22. The van der Waals surface area contributed by atoms with Crippen LogP contribution in [0.1, 0.15) is 24.6 Å². The number of para-hydroxylation sites is 1. The molecule has 1 atom stereocenters. The summed E-state index contributed by atoms with van der Waals surface area (Å²) in [5.41, 5.74) is 1.05. The van der Waals surface area contributed by atoms with Crippen LogP contribution in [0.5, 0.6) is 0 Å². The first-order chi connectivity index (χ1) is 10.8. The van der Waals surface area contributed by atoms with Crippen molar-refractivity contribution in [3.63, 3.8) is 0 Å². The molecule has 0 amide bonds. The first-order valence-corrected chi connectivity index (χ1v) is 9.08. The Morgan fingerprint density at radius 2 is 2.23 bits per heavy atom. The quantitative estimate of drug-likeness (QED) is 0.799. The van der Waals surface area contributed by atoms with Crippen molar-refractivity contribution in [3.05, 3.63) is 30.1 Å². The van der Waals surface area contributed by atoms with Crippen LogP contribution in [0.15, 0.2) is 33.8 Å². The molecule has 114 valence electrons. The largest absolute Gasteiger partial charge is 0.316 e. The SMILES string of the molecule is Cn1c(Sc2nc3ccccc3s2)nnc1[C@H]1CCCNC1. The third-order valence-electron chi connectivity index (χ3n) is 3.98. The fraction of sp³-hybridized carbons (Fsp3) is 0.400. The Balaban J connectivity index is 1.59. The van der Waals surface area contributed by atoms with Gasteiger partial charge in [-0.15, -0.1) is 21.5 Å². The molecule has 0 aliphatic carbocycles. The molecule has 0 spiro atoms. The maximum atomic E-state index is 4.66.